The third kappa shape index (κ3) is 3.65. The van der Waals surface area contributed by atoms with E-state index in [9.17, 15) is 14.4 Å². The molecule has 6 nitrogen and oxygen atoms in total. The number of carbonyl (C=O) groups is 3. The number of carboxylic acid groups (broad SMARTS) is 1. The zero-order valence-electron chi connectivity index (χ0n) is 12.5. The average molecular weight is 302 g/mol. The average Bonchev–Trinajstić information content (AvgIpc) is 2.68. The van der Waals surface area contributed by atoms with Gasteiger partial charge in [0.1, 0.15) is 12.1 Å². The third-order valence-corrected chi connectivity index (χ3v) is 4.38. The van der Waals surface area contributed by atoms with Crippen molar-refractivity contribution >= 4 is 29.5 Å². The highest BCUT2D eigenvalue weighted by Crippen LogP contribution is 2.29. The Kier molecular flexibility index (Phi) is 5.07. The van der Waals surface area contributed by atoms with Gasteiger partial charge >= 0.3 is 5.97 Å². The van der Waals surface area contributed by atoms with Gasteiger partial charge in [-0.15, -0.1) is 11.8 Å². The maximum absolute atomic E-state index is 12.4. The lowest BCUT2D eigenvalue weighted by molar-refractivity contribution is -0.150. The number of amides is 2. The number of aliphatic carboxylic acids is 1. The molecule has 0 spiro atoms. The minimum atomic E-state index is -1.01. The number of thioether (sulfide) groups is 1. The van der Waals surface area contributed by atoms with Crippen molar-refractivity contribution in [2.45, 2.75) is 52.1 Å². The molecule has 1 rings (SSSR count). The summed E-state index contributed by atoms with van der Waals surface area (Å²) in [5, 5.41) is 11.6. The predicted octanol–water partition coefficient (Wildman–Crippen LogP) is 0.912. The molecular formula is C13H22N2O4S. The summed E-state index contributed by atoms with van der Waals surface area (Å²) in [6, 6.07) is -1.55. The van der Waals surface area contributed by atoms with Crippen molar-refractivity contribution in [1.29, 1.82) is 0 Å². The zero-order valence-corrected chi connectivity index (χ0v) is 13.3. The van der Waals surface area contributed by atoms with Crippen molar-refractivity contribution in [2.75, 3.05) is 5.75 Å². The second-order valence-electron chi connectivity index (χ2n) is 5.98. The van der Waals surface area contributed by atoms with Gasteiger partial charge in [0.2, 0.25) is 11.8 Å². The van der Waals surface area contributed by atoms with Crippen molar-refractivity contribution in [3.63, 3.8) is 0 Å². The molecular weight excluding hydrogens is 280 g/mol. The van der Waals surface area contributed by atoms with Gasteiger partial charge in [0.15, 0.2) is 0 Å². The fourth-order valence-electron chi connectivity index (χ4n) is 1.87. The van der Waals surface area contributed by atoms with Gasteiger partial charge in [-0.2, -0.15) is 0 Å². The van der Waals surface area contributed by atoms with Crippen molar-refractivity contribution in [3.05, 3.63) is 0 Å². The normalized spacial score (nSPS) is 24.4. The van der Waals surface area contributed by atoms with Crippen LogP contribution >= 0.6 is 11.8 Å². The van der Waals surface area contributed by atoms with Crippen LogP contribution in [0.5, 0.6) is 0 Å². The molecule has 1 heterocycles. The minimum absolute atomic E-state index is 0.197. The van der Waals surface area contributed by atoms with Crippen molar-refractivity contribution in [1.82, 2.24) is 10.2 Å². The first-order chi connectivity index (χ1) is 9.05. The van der Waals surface area contributed by atoms with E-state index in [0.717, 1.165) is 0 Å². The van der Waals surface area contributed by atoms with Gasteiger partial charge in [0, 0.05) is 11.2 Å². The maximum Gasteiger partial charge on any atom is 0.327 e. The number of hydrogen-bond donors (Lipinski definition) is 2. The number of carboxylic acids is 1. The Balaban J connectivity index is 2.78. The molecule has 3 unspecified atom stereocenters. The Morgan fingerprint density at radius 2 is 1.90 bits per heavy atom. The molecule has 0 saturated carbocycles. The van der Waals surface area contributed by atoms with Gasteiger partial charge in [-0.3, -0.25) is 9.59 Å². The molecule has 2 amide bonds. The number of rotatable bonds is 3. The molecule has 1 aliphatic heterocycles. The topological polar surface area (TPSA) is 86.7 Å². The molecule has 7 heteroatoms. The standard InChI is InChI=1S/C13H22N2O4S/c1-7(14-12(19)13(3,4)5)10(16)15-8(2)20-6-9(15)11(17)18/h7-9H,6H2,1-5H3,(H,14,19)(H,17,18). The fourth-order valence-corrected chi connectivity index (χ4v) is 3.04. The molecule has 1 aliphatic rings. The molecule has 3 atom stereocenters. The van der Waals surface area contributed by atoms with E-state index in [4.69, 9.17) is 5.11 Å². The van der Waals surface area contributed by atoms with Crippen LogP contribution in [0, 0.1) is 5.41 Å². The highest BCUT2D eigenvalue weighted by atomic mass is 32.2. The summed E-state index contributed by atoms with van der Waals surface area (Å²) in [6.07, 6.45) is 0. The first-order valence-corrected chi connectivity index (χ1v) is 7.58. The van der Waals surface area contributed by atoms with E-state index in [1.165, 1.54) is 16.7 Å². The molecule has 0 aromatic heterocycles. The van der Waals surface area contributed by atoms with Gasteiger partial charge < -0.3 is 15.3 Å². The molecule has 20 heavy (non-hydrogen) atoms. The van der Waals surface area contributed by atoms with Gasteiger partial charge in [0.05, 0.1) is 5.37 Å². The second kappa shape index (κ2) is 6.03. The zero-order chi connectivity index (χ0) is 15.7. The van der Waals surface area contributed by atoms with E-state index in [1.807, 2.05) is 0 Å². The number of nitrogens with one attached hydrogen (secondary N) is 1. The maximum atomic E-state index is 12.4. The smallest absolute Gasteiger partial charge is 0.327 e. The molecule has 0 radical (unpaired) electrons. The molecule has 0 aromatic carbocycles. The largest absolute Gasteiger partial charge is 0.480 e. The van der Waals surface area contributed by atoms with Crippen LogP contribution in [0.1, 0.15) is 34.6 Å². The van der Waals surface area contributed by atoms with Crippen LogP contribution in [-0.4, -0.2) is 51.0 Å². The quantitative estimate of drug-likeness (QED) is 0.809. The Morgan fingerprint density at radius 3 is 2.35 bits per heavy atom. The summed E-state index contributed by atoms with van der Waals surface area (Å²) in [5.41, 5.74) is -0.591. The van der Waals surface area contributed by atoms with Crippen LogP contribution in [0.4, 0.5) is 0 Å². The van der Waals surface area contributed by atoms with Crippen LogP contribution in [0.15, 0.2) is 0 Å². The van der Waals surface area contributed by atoms with E-state index in [1.54, 1.807) is 34.6 Å². The summed E-state index contributed by atoms with van der Waals surface area (Å²) in [5.74, 6) is -1.22. The lowest BCUT2D eigenvalue weighted by Crippen LogP contribution is -2.54. The summed E-state index contributed by atoms with van der Waals surface area (Å²) >= 11 is 1.42. The number of nitrogens with zero attached hydrogens (tertiary/aromatic N) is 1. The summed E-state index contributed by atoms with van der Waals surface area (Å²) < 4.78 is 0. The van der Waals surface area contributed by atoms with Gasteiger partial charge in [0.25, 0.3) is 0 Å². The third-order valence-electron chi connectivity index (χ3n) is 3.16. The van der Waals surface area contributed by atoms with Crippen molar-refractivity contribution in [2.24, 2.45) is 5.41 Å². The molecule has 0 aromatic rings. The van der Waals surface area contributed by atoms with Crippen molar-refractivity contribution in [3.8, 4) is 0 Å². The monoisotopic (exact) mass is 302 g/mol. The van der Waals surface area contributed by atoms with Crippen LogP contribution in [0.25, 0.3) is 0 Å². The van der Waals surface area contributed by atoms with Gasteiger partial charge in [-0.05, 0) is 13.8 Å². The van der Waals surface area contributed by atoms with Gasteiger partial charge in [-0.1, -0.05) is 20.8 Å². The van der Waals surface area contributed by atoms with Crippen LogP contribution < -0.4 is 5.32 Å². The highest BCUT2D eigenvalue weighted by molar-refractivity contribution is 8.00. The van der Waals surface area contributed by atoms with E-state index in [0.29, 0.717) is 5.75 Å². The van der Waals surface area contributed by atoms with E-state index >= 15 is 0 Å². The Bertz CT molecular complexity index is 419. The summed E-state index contributed by atoms with van der Waals surface area (Å²) in [6.45, 7) is 8.65. The van der Waals surface area contributed by atoms with Crippen LogP contribution in [0.3, 0.4) is 0 Å². The second-order valence-corrected chi connectivity index (χ2v) is 7.33. The van der Waals surface area contributed by atoms with Gasteiger partial charge in [-0.25, -0.2) is 4.79 Å². The van der Waals surface area contributed by atoms with Crippen molar-refractivity contribution < 1.29 is 19.5 Å². The Morgan fingerprint density at radius 1 is 1.35 bits per heavy atom. The van der Waals surface area contributed by atoms with Crippen LogP contribution in [0.2, 0.25) is 0 Å². The minimum Gasteiger partial charge on any atom is -0.480 e. The summed E-state index contributed by atoms with van der Waals surface area (Å²) in [4.78, 5) is 36.8. The Labute approximate surface area is 123 Å². The molecule has 1 fully saturated rings. The highest BCUT2D eigenvalue weighted by Gasteiger charge is 2.41. The molecule has 2 N–H and O–H groups in total. The molecule has 1 saturated heterocycles. The Hall–Kier alpha value is -1.24. The fraction of sp³-hybridized carbons (Fsp3) is 0.769. The predicted molar refractivity (Wildman–Crippen MR) is 77.2 cm³/mol. The first-order valence-electron chi connectivity index (χ1n) is 6.53. The molecule has 0 bridgehead atoms. The number of hydrogen-bond acceptors (Lipinski definition) is 4. The number of carbonyl (C=O) groups excluding carboxylic acids is 2. The summed E-state index contributed by atoms with van der Waals surface area (Å²) in [7, 11) is 0. The molecule has 0 aliphatic carbocycles. The van der Waals surface area contributed by atoms with E-state index < -0.39 is 23.5 Å². The van der Waals surface area contributed by atoms with Crippen LogP contribution in [-0.2, 0) is 14.4 Å². The lowest BCUT2D eigenvalue weighted by Gasteiger charge is -2.29. The molecule has 114 valence electrons. The SMILES string of the molecule is CC(NC(=O)C(C)(C)C)C(=O)N1C(C)SCC1C(=O)O. The lowest BCUT2D eigenvalue weighted by atomic mass is 9.95. The first kappa shape index (κ1) is 16.8. The van der Waals surface area contributed by atoms with E-state index in [-0.39, 0.29) is 17.2 Å². The van der Waals surface area contributed by atoms with E-state index in [2.05, 4.69) is 5.32 Å².